The second-order valence-electron chi connectivity index (χ2n) is 1.82. The van der Waals surface area contributed by atoms with E-state index in [4.69, 9.17) is 0 Å². The Balaban J connectivity index is 2.51. The molecule has 5 N–H and O–H groups in total. The Kier molecular flexibility index (Phi) is 1.92. The number of quaternary nitrogens is 2. The van der Waals surface area contributed by atoms with E-state index in [1.165, 1.54) is 0 Å². The van der Waals surface area contributed by atoms with Gasteiger partial charge in [-0.25, -0.2) is 4.39 Å². The summed E-state index contributed by atoms with van der Waals surface area (Å²) < 4.78 is 12.6. The van der Waals surface area contributed by atoms with E-state index in [0.29, 0.717) is 5.70 Å². The fourth-order valence-corrected chi connectivity index (χ4v) is 0.647. The molecule has 0 saturated heterocycles. The van der Waals surface area contributed by atoms with Crippen molar-refractivity contribution in [1.29, 1.82) is 0 Å². The van der Waals surface area contributed by atoms with Crippen molar-refractivity contribution in [3.8, 4) is 0 Å². The maximum absolute atomic E-state index is 12.6. The second kappa shape index (κ2) is 2.70. The molecule has 3 nitrogen and oxygen atoms in total. The molecule has 1 aliphatic rings. The molecule has 0 spiro atoms. The van der Waals surface area contributed by atoms with Crippen molar-refractivity contribution in [1.82, 2.24) is 0 Å². The Bertz CT molecular complexity index is 152. The van der Waals surface area contributed by atoms with Gasteiger partial charge in [-0.05, 0) is 0 Å². The van der Waals surface area contributed by atoms with Gasteiger partial charge in [0.05, 0.1) is 0 Å². The highest BCUT2D eigenvalue weighted by molar-refractivity contribution is 5.48. The smallest absolute Gasteiger partial charge is 0.196 e. The number of aliphatic imine (C=N–C) groups is 1. The lowest BCUT2D eigenvalue weighted by molar-refractivity contribution is -0.448. The lowest BCUT2D eigenvalue weighted by atomic mass is 10.3. The topological polar surface area (TPSA) is 56.6 Å². The second-order valence-corrected chi connectivity index (χ2v) is 1.82. The third-order valence-electron chi connectivity index (χ3n) is 1.15. The molecule has 0 aliphatic carbocycles. The van der Waals surface area contributed by atoms with Crippen molar-refractivity contribution >= 4 is 6.34 Å². The molecule has 0 aromatic heterocycles. The van der Waals surface area contributed by atoms with Crippen LogP contribution < -0.4 is 11.1 Å². The first kappa shape index (κ1) is 6.38. The lowest BCUT2D eigenvalue weighted by Gasteiger charge is -1.95. The summed E-state index contributed by atoms with van der Waals surface area (Å²) in [4.78, 5) is 3.77. The van der Waals surface area contributed by atoms with Crippen molar-refractivity contribution in [2.45, 2.75) is 6.17 Å². The maximum atomic E-state index is 12.6. The van der Waals surface area contributed by atoms with Gasteiger partial charge in [-0.1, -0.05) is 0 Å². The van der Waals surface area contributed by atoms with Crippen LogP contribution in [0.3, 0.4) is 0 Å². The molecule has 0 fully saturated rings. The summed E-state index contributed by atoms with van der Waals surface area (Å²) in [5.74, 6) is 0. The SMILES string of the molecule is [NH3+]CC(F)C1=C[NH2+]C=N1. The highest BCUT2D eigenvalue weighted by atomic mass is 19.1. The number of hydrogen-bond acceptors (Lipinski definition) is 1. The quantitative estimate of drug-likeness (QED) is 0.436. The normalized spacial score (nSPS) is 20.0. The zero-order chi connectivity index (χ0) is 6.69. The van der Waals surface area contributed by atoms with Gasteiger partial charge in [0, 0.05) is 0 Å². The predicted molar refractivity (Wildman–Crippen MR) is 31.2 cm³/mol. The summed E-state index contributed by atoms with van der Waals surface area (Å²) >= 11 is 0. The van der Waals surface area contributed by atoms with E-state index in [-0.39, 0.29) is 6.54 Å². The van der Waals surface area contributed by atoms with Crippen LogP contribution in [0.25, 0.3) is 0 Å². The Labute approximate surface area is 52.5 Å². The summed E-state index contributed by atoms with van der Waals surface area (Å²) in [6.07, 6.45) is 2.26. The molecule has 1 heterocycles. The fourth-order valence-electron chi connectivity index (χ4n) is 0.647. The number of hydrogen-bond donors (Lipinski definition) is 2. The van der Waals surface area contributed by atoms with Crippen LogP contribution >= 0.6 is 0 Å². The summed E-state index contributed by atoms with van der Waals surface area (Å²) in [7, 11) is 0. The van der Waals surface area contributed by atoms with Crippen molar-refractivity contribution in [3.63, 3.8) is 0 Å². The van der Waals surface area contributed by atoms with Crippen molar-refractivity contribution < 1.29 is 15.4 Å². The van der Waals surface area contributed by atoms with Crippen molar-refractivity contribution in [3.05, 3.63) is 11.9 Å². The average molecular weight is 131 g/mol. The minimum Gasteiger partial charge on any atom is -0.355 e. The Morgan fingerprint density at radius 3 is 3.11 bits per heavy atom. The van der Waals surface area contributed by atoms with Crippen molar-refractivity contribution in [2.75, 3.05) is 6.54 Å². The monoisotopic (exact) mass is 131 g/mol. The first-order chi connectivity index (χ1) is 4.34. The molecule has 0 bridgehead atoms. The van der Waals surface area contributed by atoms with Crippen LogP contribution in [0, 0.1) is 0 Å². The van der Waals surface area contributed by atoms with Crippen LogP contribution in [0.4, 0.5) is 4.39 Å². The van der Waals surface area contributed by atoms with Gasteiger partial charge in [0.2, 0.25) is 0 Å². The minimum absolute atomic E-state index is 0.261. The van der Waals surface area contributed by atoms with Crippen LogP contribution in [-0.4, -0.2) is 19.1 Å². The van der Waals surface area contributed by atoms with Gasteiger partial charge in [0.15, 0.2) is 12.5 Å². The van der Waals surface area contributed by atoms with E-state index in [1.54, 1.807) is 17.9 Å². The molecule has 4 heteroatoms. The van der Waals surface area contributed by atoms with E-state index >= 15 is 0 Å². The maximum Gasteiger partial charge on any atom is 0.196 e. The average Bonchev–Trinajstić information content (AvgIpc) is 2.37. The van der Waals surface area contributed by atoms with Crippen LogP contribution in [0.2, 0.25) is 0 Å². The molecule has 0 amide bonds. The third kappa shape index (κ3) is 1.34. The summed E-state index contributed by atoms with van der Waals surface area (Å²) in [6, 6.07) is 0. The van der Waals surface area contributed by atoms with Crippen LogP contribution in [-0.2, 0) is 0 Å². The van der Waals surface area contributed by atoms with Crippen LogP contribution in [0.15, 0.2) is 16.9 Å². The van der Waals surface area contributed by atoms with Crippen LogP contribution in [0.5, 0.6) is 0 Å². The van der Waals surface area contributed by atoms with Crippen molar-refractivity contribution in [2.24, 2.45) is 4.99 Å². The van der Waals surface area contributed by atoms with E-state index in [0.717, 1.165) is 0 Å². The number of alkyl halides is 1. The predicted octanol–water partition coefficient (Wildman–Crippen LogP) is -1.99. The van der Waals surface area contributed by atoms with Crippen LogP contribution in [0.1, 0.15) is 0 Å². The molecule has 0 saturated carbocycles. The highest BCUT2D eigenvalue weighted by Gasteiger charge is 2.15. The Morgan fingerprint density at radius 1 is 1.89 bits per heavy atom. The third-order valence-corrected chi connectivity index (χ3v) is 1.15. The van der Waals surface area contributed by atoms with Gasteiger partial charge in [-0.3, -0.25) is 5.32 Å². The summed E-state index contributed by atoms with van der Waals surface area (Å²) in [5.41, 5.74) is 3.92. The molecule has 50 valence electrons. The molecule has 9 heavy (non-hydrogen) atoms. The number of halogens is 1. The lowest BCUT2D eigenvalue weighted by Crippen LogP contribution is -2.74. The van der Waals surface area contributed by atoms with Gasteiger partial charge in [-0.2, -0.15) is 4.99 Å². The van der Waals surface area contributed by atoms with E-state index in [1.807, 2.05) is 0 Å². The standard InChI is InChI=1S/C5H8FN3/c6-4(1-7)5-2-8-3-9-5/h2-4H,1,7H2,(H,8,9)/p+2. The number of nitrogens with zero attached hydrogens (tertiary/aromatic N) is 1. The first-order valence-corrected chi connectivity index (χ1v) is 2.85. The molecule has 1 atom stereocenters. The molecule has 0 aromatic carbocycles. The Morgan fingerprint density at radius 2 is 2.67 bits per heavy atom. The van der Waals surface area contributed by atoms with Gasteiger partial charge in [0.25, 0.3) is 0 Å². The highest BCUT2D eigenvalue weighted by Crippen LogP contribution is 2.04. The molecular formula is C5H10FN3+2. The van der Waals surface area contributed by atoms with E-state index < -0.39 is 6.17 Å². The number of nitrogens with two attached hydrogens (primary N) is 1. The largest absolute Gasteiger partial charge is 0.355 e. The zero-order valence-corrected chi connectivity index (χ0v) is 5.05. The summed E-state index contributed by atoms with van der Waals surface area (Å²) in [5, 5.41) is 1.72. The van der Waals surface area contributed by atoms with Gasteiger partial charge < -0.3 is 5.73 Å². The molecule has 1 rings (SSSR count). The molecule has 0 aromatic rings. The molecular weight excluding hydrogens is 121 g/mol. The fraction of sp³-hybridized carbons (Fsp3) is 0.400. The van der Waals surface area contributed by atoms with E-state index in [9.17, 15) is 4.39 Å². The van der Waals surface area contributed by atoms with Gasteiger partial charge >= 0.3 is 0 Å². The Hall–Kier alpha value is -0.740. The summed E-state index contributed by atoms with van der Waals surface area (Å²) in [6.45, 7) is 0.261. The molecule has 1 unspecified atom stereocenters. The van der Waals surface area contributed by atoms with E-state index in [2.05, 4.69) is 10.7 Å². The van der Waals surface area contributed by atoms with Gasteiger partial charge in [0.1, 0.15) is 18.4 Å². The minimum atomic E-state index is -0.986. The zero-order valence-electron chi connectivity index (χ0n) is 5.05. The molecule has 0 radical (unpaired) electrons. The number of rotatable bonds is 2. The first-order valence-electron chi connectivity index (χ1n) is 2.85. The molecule has 1 aliphatic heterocycles. The van der Waals surface area contributed by atoms with Gasteiger partial charge in [-0.15, -0.1) is 0 Å².